The van der Waals surface area contributed by atoms with Gasteiger partial charge in [-0.3, -0.25) is 0 Å². The highest BCUT2D eigenvalue weighted by Gasteiger charge is 2.17. The van der Waals surface area contributed by atoms with E-state index in [9.17, 15) is 0 Å². The molecule has 0 unspecified atom stereocenters. The highest BCUT2D eigenvalue weighted by molar-refractivity contribution is 5.86. The largest absolute Gasteiger partial charge is 0.467 e. The highest BCUT2D eigenvalue weighted by Crippen LogP contribution is 2.35. The number of hydrogen-bond donors (Lipinski definition) is 1. The average Bonchev–Trinajstić information content (AvgIpc) is 2.48. The third-order valence-corrected chi connectivity index (χ3v) is 3.31. The van der Waals surface area contributed by atoms with Crippen molar-refractivity contribution in [3.05, 3.63) is 65.7 Å². The summed E-state index contributed by atoms with van der Waals surface area (Å²) in [7, 11) is 0. The van der Waals surface area contributed by atoms with E-state index in [4.69, 9.17) is 15.2 Å². The third kappa shape index (κ3) is 2.09. The molecule has 3 heteroatoms. The second kappa shape index (κ2) is 4.78. The standard InChI is InChI=1S/C16H15NO2/c1-11(12-5-3-2-4-6-12)13-7-8-15-14(16(13)17)9-18-10-19-15/h2-8H,1,9-10,17H2. The Morgan fingerprint density at radius 3 is 2.68 bits per heavy atom. The van der Waals surface area contributed by atoms with Crippen molar-refractivity contribution < 1.29 is 9.47 Å². The minimum absolute atomic E-state index is 0.283. The molecule has 0 radical (unpaired) electrons. The van der Waals surface area contributed by atoms with Crippen LogP contribution in [0, 0.1) is 0 Å². The van der Waals surface area contributed by atoms with Gasteiger partial charge < -0.3 is 15.2 Å². The molecule has 0 aliphatic carbocycles. The van der Waals surface area contributed by atoms with Crippen LogP contribution in [0.25, 0.3) is 5.57 Å². The summed E-state index contributed by atoms with van der Waals surface area (Å²) in [5.74, 6) is 0.799. The SMILES string of the molecule is C=C(c1ccccc1)c1ccc2c(c1N)COCO2. The Morgan fingerprint density at radius 1 is 1.11 bits per heavy atom. The quantitative estimate of drug-likeness (QED) is 0.836. The van der Waals surface area contributed by atoms with E-state index in [0.717, 1.165) is 28.0 Å². The molecule has 0 saturated heterocycles. The number of rotatable bonds is 2. The molecule has 1 aliphatic rings. The fourth-order valence-electron chi connectivity index (χ4n) is 2.24. The molecule has 3 nitrogen and oxygen atoms in total. The fourth-order valence-corrected chi connectivity index (χ4v) is 2.24. The number of nitrogen functional groups attached to an aromatic ring is 1. The van der Waals surface area contributed by atoms with E-state index in [1.807, 2.05) is 42.5 Å². The van der Waals surface area contributed by atoms with Gasteiger partial charge in [-0.05, 0) is 23.3 Å². The lowest BCUT2D eigenvalue weighted by Gasteiger charge is -2.21. The zero-order chi connectivity index (χ0) is 13.2. The van der Waals surface area contributed by atoms with Gasteiger partial charge in [0.25, 0.3) is 0 Å². The number of nitrogens with two attached hydrogens (primary N) is 1. The summed E-state index contributed by atoms with van der Waals surface area (Å²) in [5.41, 5.74) is 10.7. The smallest absolute Gasteiger partial charge is 0.189 e. The summed E-state index contributed by atoms with van der Waals surface area (Å²) in [6, 6.07) is 13.9. The zero-order valence-corrected chi connectivity index (χ0v) is 10.6. The molecule has 2 aromatic carbocycles. The molecule has 3 rings (SSSR count). The van der Waals surface area contributed by atoms with Gasteiger partial charge in [-0.1, -0.05) is 36.9 Å². The number of hydrogen-bond acceptors (Lipinski definition) is 3. The average molecular weight is 253 g/mol. The Hall–Kier alpha value is -2.26. The molecule has 0 amide bonds. The van der Waals surface area contributed by atoms with Gasteiger partial charge in [-0.15, -0.1) is 0 Å². The van der Waals surface area contributed by atoms with Gasteiger partial charge in [0.15, 0.2) is 6.79 Å². The fraction of sp³-hybridized carbons (Fsp3) is 0.125. The van der Waals surface area contributed by atoms with Crippen LogP contribution in [0.2, 0.25) is 0 Å². The lowest BCUT2D eigenvalue weighted by molar-refractivity contribution is -0.0159. The lowest BCUT2D eigenvalue weighted by Crippen LogP contribution is -2.14. The van der Waals surface area contributed by atoms with Gasteiger partial charge in [-0.2, -0.15) is 0 Å². The zero-order valence-electron chi connectivity index (χ0n) is 10.6. The first-order chi connectivity index (χ1) is 9.27. The number of benzene rings is 2. The summed E-state index contributed by atoms with van der Waals surface area (Å²) in [5, 5.41) is 0. The van der Waals surface area contributed by atoms with Crippen LogP contribution in [-0.2, 0) is 11.3 Å². The Bertz CT molecular complexity index is 620. The molecule has 1 aliphatic heterocycles. The van der Waals surface area contributed by atoms with Crippen LogP contribution in [0.4, 0.5) is 5.69 Å². The predicted molar refractivity (Wildman–Crippen MR) is 75.7 cm³/mol. The number of fused-ring (bicyclic) bond motifs is 1. The predicted octanol–water partition coefficient (Wildman–Crippen LogP) is 3.20. The van der Waals surface area contributed by atoms with Gasteiger partial charge in [0, 0.05) is 16.8 Å². The topological polar surface area (TPSA) is 44.5 Å². The van der Waals surface area contributed by atoms with Gasteiger partial charge >= 0.3 is 0 Å². The van der Waals surface area contributed by atoms with Crippen molar-refractivity contribution in [2.24, 2.45) is 0 Å². The van der Waals surface area contributed by atoms with Crippen LogP contribution in [0.15, 0.2) is 49.0 Å². The second-order valence-electron chi connectivity index (χ2n) is 4.46. The second-order valence-corrected chi connectivity index (χ2v) is 4.46. The van der Waals surface area contributed by atoms with Gasteiger partial charge in [0.1, 0.15) is 5.75 Å². The molecule has 2 N–H and O–H groups in total. The molecule has 96 valence electrons. The molecular weight excluding hydrogens is 238 g/mol. The molecule has 0 atom stereocenters. The van der Waals surface area contributed by atoms with Crippen LogP contribution in [0.5, 0.6) is 5.75 Å². The summed E-state index contributed by atoms with van der Waals surface area (Å²) >= 11 is 0. The minimum Gasteiger partial charge on any atom is -0.467 e. The summed E-state index contributed by atoms with van der Waals surface area (Å²) < 4.78 is 10.7. The van der Waals surface area contributed by atoms with E-state index in [1.165, 1.54) is 0 Å². The molecule has 1 heterocycles. The van der Waals surface area contributed by atoms with Crippen molar-refractivity contribution in [1.29, 1.82) is 0 Å². The van der Waals surface area contributed by atoms with Crippen molar-refractivity contribution in [3.63, 3.8) is 0 Å². The Kier molecular flexibility index (Phi) is 2.97. The van der Waals surface area contributed by atoms with Crippen LogP contribution in [0.1, 0.15) is 16.7 Å². The number of ether oxygens (including phenoxy) is 2. The van der Waals surface area contributed by atoms with Crippen LogP contribution < -0.4 is 10.5 Å². The van der Waals surface area contributed by atoms with Crippen molar-refractivity contribution in [3.8, 4) is 5.75 Å². The van der Waals surface area contributed by atoms with Crippen LogP contribution >= 0.6 is 0 Å². The maximum Gasteiger partial charge on any atom is 0.189 e. The van der Waals surface area contributed by atoms with Gasteiger partial charge in [0.2, 0.25) is 0 Å². The van der Waals surface area contributed by atoms with E-state index in [-0.39, 0.29) is 6.79 Å². The molecule has 0 spiro atoms. The van der Waals surface area contributed by atoms with E-state index < -0.39 is 0 Å². The summed E-state index contributed by atoms with van der Waals surface area (Å²) in [6.45, 7) is 4.91. The molecule has 2 aromatic rings. The summed E-state index contributed by atoms with van der Waals surface area (Å²) in [6.07, 6.45) is 0. The minimum atomic E-state index is 0.283. The van der Waals surface area contributed by atoms with Crippen LogP contribution in [-0.4, -0.2) is 6.79 Å². The van der Waals surface area contributed by atoms with E-state index in [2.05, 4.69) is 6.58 Å². The molecule has 0 saturated carbocycles. The van der Waals surface area contributed by atoms with Crippen LogP contribution in [0.3, 0.4) is 0 Å². The van der Waals surface area contributed by atoms with E-state index >= 15 is 0 Å². The Balaban J connectivity index is 2.04. The Morgan fingerprint density at radius 2 is 1.89 bits per heavy atom. The van der Waals surface area contributed by atoms with Crippen molar-refractivity contribution >= 4 is 11.3 Å². The molecule has 19 heavy (non-hydrogen) atoms. The summed E-state index contributed by atoms with van der Waals surface area (Å²) in [4.78, 5) is 0. The maximum absolute atomic E-state index is 6.22. The van der Waals surface area contributed by atoms with Crippen molar-refractivity contribution in [2.75, 3.05) is 12.5 Å². The van der Waals surface area contributed by atoms with Crippen molar-refractivity contribution in [2.45, 2.75) is 6.61 Å². The molecule has 0 bridgehead atoms. The normalized spacial score (nSPS) is 13.5. The van der Waals surface area contributed by atoms with E-state index in [1.54, 1.807) is 0 Å². The number of anilines is 1. The first-order valence-corrected chi connectivity index (χ1v) is 6.14. The maximum atomic E-state index is 6.22. The molecule has 0 aromatic heterocycles. The van der Waals surface area contributed by atoms with E-state index in [0.29, 0.717) is 12.3 Å². The first kappa shape index (κ1) is 11.8. The lowest BCUT2D eigenvalue weighted by atomic mass is 9.95. The monoisotopic (exact) mass is 253 g/mol. The highest BCUT2D eigenvalue weighted by atomic mass is 16.7. The molecular formula is C16H15NO2. The third-order valence-electron chi connectivity index (χ3n) is 3.31. The molecule has 0 fully saturated rings. The van der Waals surface area contributed by atoms with Gasteiger partial charge in [0.05, 0.1) is 6.61 Å². The first-order valence-electron chi connectivity index (χ1n) is 6.14. The van der Waals surface area contributed by atoms with Crippen molar-refractivity contribution in [1.82, 2.24) is 0 Å². The Labute approximate surface area is 112 Å². The van der Waals surface area contributed by atoms with Gasteiger partial charge in [-0.25, -0.2) is 0 Å².